The Morgan fingerprint density at radius 2 is 2.00 bits per heavy atom. The van der Waals surface area contributed by atoms with E-state index in [1.165, 1.54) is 5.56 Å². The lowest BCUT2D eigenvalue weighted by Crippen LogP contribution is -2.32. The van der Waals surface area contributed by atoms with E-state index in [9.17, 15) is 4.79 Å². The summed E-state index contributed by atoms with van der Waals surface area (Å²) in [6.45, 7) is 0.758. The zero-order valence-electron chi connectivity index (χ0n) is 11.1. The molecule has 0 bridgehead atoms. The normalized spacial score (nSPS) is 14.6. The molecule has 1 aromatic carbocycles. The molecule has 4 heteroatoms. The van der Waals surface area contributed by atoms with E-state index in [0.29, 0.717) is 5.69 Å². The summed E-state index contributed by atoms with van der Waals surface area (Å²) in [5, 5.41) is 0. The number of carbonyl (C=O) groups is 1. The third-order valence-corrected chi connectivity index (χ3v) is 4.02. The van der Waals surface area contributed by atoms with E-state index in [0.717, 1.165) is 36.0 Å². The van der Waals surface area contributed by atoms with Gasteiger partial charge in [0.15, 0.2) is 0 Å². The maximum Gasteiger partial charge on any atom is 0.276 e. The van der Waals surface area contributed by atoms with Crippen LogP contribution in [-0.4, -0.2) is 17.4 Å². The van der Waals surface area contributed by atoms with Crippen molar-refractivity contribution in [2.45, 2.75) is 19.3 Å². The smallest absolute Gasteiger partial charge is 0.276 e. The summed E-state index contributed by atoms with van der Waals surface area (Å²) in [7, 11) is 0. The molecule has 0 saturated carbocycles. The number of carbonyl (C=O) groups excluding carboxylic acids is 1. The molecule has 0 N–H and O–H groups in total. The molecule has 1 aliphatic rings. The first-order valence-electron chi connectivity index (χ1n) is 6.77. The van der Waals surface area contributed by atoms with Crippen molar-refractivity contribution in [2.75, 3.05) is 11.4 Å². The van der Waals surface area contributed by atoms with Gasteiger partial charge in [-0.1, -0.05) is 18.2 Å². The summed E-state index contributed by atoms with van der Waals surface area (Å²) in [5.74, 6) is -0.0214. The lowest BCUT2D eigenvalue weighted by molar-refractivity contribution is 0.0982. The van der Waals surface area contributed by atoms with E-state index in [-0.39, 0.29) is 5.91 Å². The minimum Gasteiger partial charge on any atom is -0.307 e. The van der Waals surface area contributed by atoms with Crippen LogP contribution in [0.4, 0.5) is 5.69 Å². The first kappa shape index (κ1) is 13.3. The quantitative estimate of drug-likeness (QED) is 0.796. The van der Waals surface area contributed by atoms with Crippen LogP contribution in [-0.2, 0) is 6.42 Å². The molecule has 1 amide bonds. The highest BCUT2D eigenvalue weighted by molar-refractivity contribution is 9.10. The Bertz CT molecular complexity index is 625. The number of pyridine rings is 1. The predicted molar refractivity (Wildman–Crippen MR) is 83.0 cm³/mol. The van der Waals surface area contributed by atoms with Gasteiger partial charge in [-0.05, 0) is 59.0 Å². The summed E-state index contributed by atoms with van der Waals surface area (Å²) in [6, 6.07) is 11.8. The van der Waals surface area contributed by atoms with E-state index in [1.54, 1.807) is 12.3 Å². The molecule has 3 rings (SSSR count). The fraction of sp³-hybridized carbons (Fsp3) is 0.250. The molecule has 102 valence electrons. The number of hydrogen-bond donors (Lipinski definition) is 0. The number of amides is 1. The number of halogens is 1. The van der Waals surface area contributed by atoms with E-state index in [4.69, 9.17) is 0 Å². The van der Waals surface area contributed by atoms with Crippen LogP contribution >= 0.6 is 15.9 Å². The Hall–Kier alpha value is -1.68. The number of benzene rings is 1. The highest BCUT2D eigenvalue weighted by atomic mass is 79.9. The SMILES string of the molecule is O=C(c1ccc(Br)cn1)N1CCCCc2ccccc21. The van der Waals surface area contributed by atoms with Crippen LogP contribution in [0.1, 0.15) is 28.9 Å². The molecule has 0 fully saturated rings. The summed E-state index contributed by atoms with van der Waals surface area (Å²) < 4.78 is 0.880. The molecular weight excluding hydrogens is 316 g/mol. The molecule has 2 aromatic rings. The van der Waals surface area contributed by atoms with Crippen LogP contribution in [0.15, 0.2) is 47.1 Å². The maximum atomic E-state index is 12.7. The second kappa shape index (κ2) is 5.75. The summed E-state index contributed by atoms with van der Waals surface area (Å²) in [5.41, 5.74) is 2.76. The van der Waals surface area contributed by atoms with Crippen molar-refractivity contribution in [3.05, 3.63) is 58.3 Å². The largest absolute Gasteiger partial charge is 0.307 e. The van der Waals surface area contributed by atoms with E-state index in [1.807, 2.05) is 29.2 Å². The minimum absolute atomic E-state index is 0.0214. The van der Waals surface area contributed by atoms with Crippen molar-refractivity contribution in [1.82, 2.24) is 4.98 Å². The molecule has 20 heavy (non-hydrogen) atoms. The lowest BCUT2D eigenvalue weighted by atomic mass is 10.1. The van der Waals surface area contributed by atoms with Crippen LogP contribution in [0.3, 0.4) is 0 Å². The molecule has 1 aromatic heterocycles. The minimum atomic E-state index is -0.0214. The van der Waals surface area contributed by atoms with Crippen LogP contribution in [0.5, 0.6) is 0 Å². The van der Waals surface area contributed by atoms with Gasteiger partial charge in [0.25, 0.3) is 5.91 Å². The second-order valence-corrected chi connectivity index (χ2v) is 5.82. The zero-order chi connectivity index (χ0) is 13.9. The zero-order valence-corrected chi connectivity index (χ0v) is 12.6. The van der Waals surface area contributed by atoms with Crippen LogP contribution < -0.4 is 4.90 Å². The number of anilines is 1. The molecule has 0 aliphatic carbocycles. The van der Waals surface area contributed by atoms with Crippen LogP contribution in [0.2, 0.25) is 0 Å². The van der Waals surface area contributed by atoms with E-state index < -0.39 is 0 Å². The van der Waals surface area contributed by atoms with Crippen molar-refractivity contribution in [3.63, 3.8) is 0 Å². The Kier molecular flexibility index (Phi) is 3.83. The van der Waals surface area contributed by atoms with Crippen molar-refractivity contribution in [1.29, 1.82) is 0 Å². The Morgan fingerprint density at radius 1 is 1.15 bits per heavy atom. The topological polar surface area (TPSA) is 33.2 Å². The summed E-state index contributed by atoms with van der Waals surface area (Å²) >= 11 is 3.34. The Labute approximate surface area is 126 Å². The lowest BCUT2D eigenvalue weighted by Gasteiger charge is -2.22. The number of aromatic nitrogens is 1. The van der Waals surface area contributed by atoms with Gasteiger partial charge in [-0.25, -0.2) is 4.98 Å². The number of para-hydroxylation sites is 1. The van der Waals surface area contributed by atoms with Gasteiger partial charge in [0, 0.05) is 22.9 Å². The van der Waals surface area contributed by atoms with Gasteiger partial charge >= 0.3 is 0 Å². The molecule has 0 atom stereocenters. The molecular formula is C16H15BrN2O. The first-order chi connectivity index (χ1) is 9.75. The number of hydrogen-bond acceptors (Lipinski definition) is 2. The van der Waals surface area contributed by atoms with Crippen molar-refractivity contribution in [3.8, 4) is 0 Å². The third kappa shape index (κ3) is 2.61. The van der Waals surface area contributed by atoms with Gasteiger partial charge in [0.1, 0.15) is 5.69 Å². The van der Waals surface area contributed by atoms with Gasteiger partial charge in [-0.15, -0.1) is 0 Å². The maximum absolute atomic E-state index is 12.7. The molecule has 0 radical (unpaired) electrons. The Balaban J connectivity index is 1.97. The molecule has 0 saturated heterocycles. The van der Waals surface area contributed by atoms with Gasteiger partial charge in [-0.2, -0.15) is 0 Å². The predicted octanol–water partition coefficient (Wildman–Crippen LogP) is 3.83. The van der Waals surface area contributed by atoms with Gasteiger partial charge < -0.3 is 4.90 Å². The molecule has 0 unspecified atom stereocenters. The highest BCUT2D eigenvalue weighted by Crippen LogP contribution is 2.27. The molecule has 0 spiro atoms. The van der Waals surface area contributed by atoms with Gasteiger partial charge in [0.2, 0.25) is 0 Å². The van der Waals surface area contributed by atoms with Gasteiger partial charge in [0.05, 0.1) is 0 Å². The number of rotatable bonds is 1. The third-order valence-electron chi connectivity index (χ3n) is 3.55. The summed E-state index contributed by atoms with van der Waals surface area (Å²) in [4.78, 5) is 18.8. The van der Waals surface area contributed by atoms with Crippen LogP contribution in [0.25, 0.3) is 0 Å². The molecule has 3 nitrogen and oxygen atoms in total. The van der Waals surface area contributed by atoms with Crippen molar-refractivity contribution < 1.29 is 4.79 Å². The standard InChI is InChI=1S/C16H15BrN2O/c17-13-8-9-14(18-11-13)16(20)19-10-4-3-6-12-5-1-2-7-15(12)19/h1-2,5,7-9,11H,3-4,6,10H2. The number of fused-ring (bicyclic) bond motifs is 1. The van der Waals surface area contributed by atoms with Crippen molar-refractivity contribution >= 4 is 27.5 Å². The second-order valence-electron chi connectivity index (χ2n) is 4.90. The Morgan fingerprint density at radius 3 is 2.80 bits per heavy atom. The average Bonchev–Trinajstić information content (AvgIpc) is 2.69. The fourth-order valence-corrected chi connectivity index (χ4v) is 2.78. The van der Waals surface area contributed by atoms with Gasteiger partial charge in [-0.3, -0.25) is 4.79 Å². The van der Waals surface area contributed by atoms with Crippen LogP contribution in [0, 0.1) is 0 Å². The van der Waals surface area contributed by atoms with E-state index >= 15 is 0 Å². The highest BCUT2D eigenvalue weighted by Gasteiger charge is 2.22. The fourth-order valence-electron chi connectivity index (χ4n) is 2.54. The first-order valence-corrected chi connectivity index (χ1v) is 7.56. The average molecular weight is 331 g/mol. The summed E-state index contributed by atoms with van der Waals surface area (Å²) in [6.07, 6.45) is 4.84. The van der Waals surface area contributed by atoms with Crippen molar-refractivity contribution in [2.24, 2.45) is 0 Å². The number of nitrogens with zero attached hydrogens (tertiary/aromatic N) is 2. The monoisotopic (exact) mass is 330 g/mol. The van der Waals surface area contributed by atoms with E-state index in [2.05, 4.69) is 27.0 Å². The molecule has 2 heterocycles. The number of aryl methyl sites for hydroxylation is 1. The molecule has 1 aliphatic heterocycles.